The second-order valence-corrected chi connectivity index (χ2v) is 5.61. The molecule has 1 unspecified atom stereocenters. The van der Waals surface area contributed by atoms with E-state index in [0.29, 0.717) is 19.1 Å². The molecule has 1 amide bonds. The normalized spacial score (nSPS) is 23.5. The second-order valence-electron chi connectivity index (χ2n) is 5.61. The summed E-state index contributed by atoms with van der Waals surface area (Å²) in [6.45, 7) is 5.29. The molecule has 1 atom stereocenters. The SMILES string of the molecule is O=C(c1ccc(F)c(F)c1)N1CCC(N2CCNCC2)C1. The highest BCUT2D eigenvalue weighted by Crippen LogP contribution is 2.19. The first-order valence-electron chi connectivity index (χ1n) is 7.34. The third-order valence-electron chi connectivity index (χ3n) is 4.29. The molecular weight excluding hydrogens is 276 g/mol. The first-order valence-corrected chi connectivity index (χ1v) is 7.34. The largest absolute Gasteiger partial charge is 0.337 e. The Morgan fingerprint density at radius 2 is 1.90 bits per heavy atom. The number of halogens is 2. The van der Waals surface area contributed by atoms with Gasteiger partial charge in [0.2, 0.25) is 0 Å². The fourth-order valence-electron chi connectivity index (χ4n) is 3.08. The Labute approximate surface area is 122 Å². The molecule has 0 radical (unpaired) electrons. The van der Waals surface area contributed by atoms with Gasteiger partial charge >= 0.3 is 0 Å². The molecule has 4 nitrogen and oxygen atoms in total. The minimum atomic E-state index is -0.973. The summed E-state index contributed by atoms with van der Waals surface area (Å²) in [4.78, 5) is 16.5. The second kappa shape index (κ2) is 6.07. The number of piperazine rings is 1. The van der Waals surface area contributed by atoms with Crippen LogP contribution in [0.2, 0.25) is 0 Å². The molecule has 2 fully saturated rings. The third-order valence-corrected chi connectivity index (χ3v) is 4.29. The smallest absolute Gasteiger partial charge is 0.254 e. The van der Waals surface area contributed by atoms with Crippen LogP contribution in [0, 0.1) is 11.6 Å². The first-order chi connectivity index (χ1) is 10.1. The van der Waals surface area contributed by atoms with E-state index in [9.17, 15) is 13.6 Å². The molecule has 2 aliphatic heterocycles. The number of amides is 1. The maximum Gasteiger partial charge on any atom is 0.254 e. The van der Waals surface area contributed by atoms with Crippen LogP contribution < -0.4 is 5.32 Å². The lowest BCUT2D eigenvalue weighted by molar-refractivity contribution is 0.0773. The molecule has 3 rings (SSSR count). The maximum absolute atomic E-state index is 13.2. The van der Waals surface area contributed by atoms with Gasteiger partial charge in [0.15, 0.2) is 11.6 Å². The lowest BCUT2D eigenvalue weighted by Crippen LogP contribution is -2.49. The Balaban J connectivity index is 1.64. The molecule has 6 heteroatoms. The van der Waals surface area contributed by atoms with E-state index >= 15 is 0 Å². The fraction of sp³-hybridized carbons (Fsp3) is 0.533. The van der Waals surface area contributed by atoms with Crippen LogP contribution in [0.3, 0.4) is 0 Å². The molecule has 21 heavy (non-hydrogen) atoms. The van der Waals surface area contributed by atoms with Gasteiger partial charge in [-0.1, -0.05) is 0 Å². The van der Waals surface area contributed by atoms with Crippen LogP contribution in [-0.4, -0.2) is 61.0 Å². The predicted molar refractivity (Wildman–Crippen MR) is 75.1 cm³/mol. The monoisotopic (exact) mass is 295 g/mol. The Hall–Kier alpha value is -1.53. The van der Waals surface area contributed by atoms with Gasteiger partial charge in [-0.2, -0.15) is 0 Å². The summed E-state index contributed by atoms with van der Waals surface area (Å²) in [5.41, 5.74) is 0.217. The predicted octanol–water partition coefficient (Wildman–Crippen LogP) is 1.08. The molecule has 1 N–H and O–H groups in total. The molecule has 0 aromatic heterocycles. The molecule has 1 aromatic rings. The molecule has 2 heterocycles. The van der Waals surface area contributed by atoms with Crippen LogP contribution >= 0.6 is 0 Å². The van der Waals surface area contributed by atoms with Gasteiger partial charge in [0.05, 0.1) is 0 Å². The summed E-state index contributed by atoms with van der Waals surface area (Å²) < 4.78 is 26.2. The van der Waals surface area contributed by atoms with Crippen molar-refractivity contribution in [3.05, 3.63) is 35.4 Å². The van der Waals surface area contributed by atoms with Crippen LogP contribution in [-0.2, 0) is 0 Å². The highest BCUT2D eigenvalue weighted by atomic mass is 19.2. The van der Waals surface area contributed by atoms with Crippen LogP contribution in [0.5, 0.6) is 0 Å². The zero-order valence-electron chi connectivity index (χ0n) is 11.8. The Morgan fingerprint density at radius 1 is 1.14 bits per heavy atom. The minimum absolute atomic E-state index is 0.216. The number of rotatable bonds is 2. The van der Waals surface area contributed by atoms with E-state index in [0.717, 1.165) is 44.7 Å². The number of hydrogen-bond donors (Lipinski definition) is 1. The van der Waals surface area contributed by atoms with Crippen molar-refractivity contribution in [1.82, 2.24) is 15.1 Å². The highest BCUT2D eigenvalue weighted by Gasteiger charge is 2.31. The Bertz CT molecular complexity index is 532. The number of hydrogen-bond acceptors (Lipinski definition) is 3. The Morgan fingerprint density at radius 3 is 2.62 bits per heavy atom. The van der Waals surface area contributed by atoms with Gasteiger partial charge in [-0.05, 0) is 24.6 Å². The molecule has 114 valence electrons. The van der Waals surface area contributed by atoms with Crippen molar-refractivity contribution in [2.75, 3.05) is 39.3 Å². The van der Waals surface area contributed by atoms with Gasteiger partial charge in [-0.15, -0.1) is 0 Å². The van der Waals surface area contributed by atoms with Gasteiger partial charge in [0.25, 0.3) is 5.91 Å². The van der Waals surface area contributed by atoms with E-state index in [-0.39, 0.29) is 11.5 Å². The minimum Gasteiger partial charge on any atom is -0.337 e. The summed E-state index contributed by atoms with van der Waals surface area (Å²) in [6, 6.07) is 3.71. The summed E-state index contributed by atoms with van der Waals surface area (Å²) in [5, 5.41) is 3.31. The third kappa shape index (κ3) is 3.06. The van der Waals surface area contributed by atoms with Crippen molar-refractivity contribution >= 4 is 5.91 Å². The van der Waals surface area contributed by atoms with Crippen LogP contribution in [0.1, 0.15) is 16.8 Å². The number of carbonyl (C=O) groups is 1. The van der Waals surface area contributed by atoms with E-state index in [2.05, 4.69) is 10.2 Å². The van der Waals surface area contributed by atoms with E-state index in [1.807, 2.05) is 0 Å². The van der Waals surface area contributed by atoms with Crippen LogP contribution in [0.4, 0.5) is 8.78 Å². The molecule has 2 saturated heterocycles. The number of carbonyl (C=O) groups excluding carboxylic acids is 1. The zero-order chi connectivity index (χ0) is 14.8. The van der Waals surface area contributed by atoms with Crippen molar-refractivity contribution in [2.24, 2.45) is 0 Å². The summed E-state index contributed by atoms with van der Waals surface area (Å²) >= 11 is 0. The highest BCUT2D eigenvalue weighted by molar-refractivity contribution is 5.94. The standard InChI is InChI=1S/C15H19F2N3O/c16-13-2-1-11(9-14(13)17)15(21)20-6-3-12(10-20)19-7-4-18-5-8-19/h1-2,9,12,18H,3-8,10H2. The topological polar surface area (TPSA) is 35.6 Å². The van der Waals surface area contributed by atoms with Gasteiger partial charge in [-0.25, -0.2) is 8.78 Å². The average Bonchev–Trinajstić information content (AvgIpc) is 3.00. The van der Waals surface area contributed by atoms with E-state index < -0.39 is 11.6 Å². The van der Waals surface area contributed by atoms with Crippen molar-refractivity contribution in [1.29, 1.82) is 0 Å². The van der Waals surface area contributed by atoms with Gasteiger partial charge < -0.3 is 10.2 Å². The lowest BCUT2D eigenvalue weighted by atomic mass is 10.2. The van der Waals surface area contributed by atoms with E-state index in [1.54, 1.807) is 4.90 Å². The molecule has 0 saturated carbocycles. The summed E-state index contributed by atoms with van der Waals surface area (Å²) in [5.74, 6) is -2.11. The first kappa shape index (κ1) is 14.4. The van der Waals surface area contributed by atoms with Crippen molar-refractivity contribution in [2.45, 2.75) is 12.5 Å². The van der Waals surface area contributed by atoms with Crippen molar-refractivity contribution in [3.63, 3.8) is 0 Å². The molecule has 1 aromatic carbocycles. The molecule has 0 bridgehead atoms. The van der Waals surface area contributed by atoms with Crippen LogP contribution in [0.15, 0.2) is 18.2 Å². The summed E-state index contributed by atoms with van der Waals surface area (Å²) in [7, 11) is 0. The van der Waals surface area contributed by atoms with Crippen LogP contribution in [0.25, 0.3) is 0 Å². The van der Waals surface area contributed by atoms with E-state index in [1.165, 1.54) is 6.07 Å². The number of nitrogens with zero attached hydrogens (tertiary/aromatic N) is 2. The maximum atomic E-state index is 13.2. The molecule has 0 aliphatic carbocycles. The van der Waals surface area contributed by atoms with E-state index in [4.69, 9.17) is 0 Å². The lowest BCUT2D eigenvalue weighted by Gasteiger charge is -2.32. The zero-order valence-corrected chi connectivity index (χ0v) is 11.8. The molecule has 2 aliphatic rings. The van der Waals surface area contributed by atoms with Gasteiger partial charge in [-0.3, -0.25) is 9.69 Å². The average molecular weight is 295 g/mol. The quantitative estimate of drug-likeness (QED) is 0.887. The van der Waals surface area contributed by atoms with Gasteiger partial charge in [0.1, 0.15) is 0 Å². The van der Waals surface area contributed by atoms with Crippen molar-refractivity contribution < 1.29 is 13.6 Å². The fourth-order valence-corrected chi connectivity index (χ4v) is 3.08. The molecule has 0 spiro atoms. The number of nitrogens with one attached hydrogen (secondary N) is 1. The number of benzene rings is 1. The summed E-state index contributed by atoms with van der Waals surface area (Å²) in [6.07, 6.45) is 0.940. The molecular formula is C15H19F2N3O. The Kier molecular flexibility index (Phi) is 4.17. The van der Waals surface area contributed by atoms with Crippen molar-refractivity contribution in [3.8, 4) is 0 Å². The van der Waals surface area contributed by atoms with Gasteiger partial charge in [0, 0.05) is 50.9 Å². The number of likely N-dealkylation sites (tertiary alicyclic amines) is 1.